The number of ether oxygens (including phenoxy) is 3. The summed E-state index contributed by atoms with van der Waals surface area (Å²) in [5, 5.41) is 9.58. The molecule has 2 aromatic carbocycles. The number of nitrogens with zero attached hydrogens (tertiary/aromatic N) is 1. The third-order valence-electron chi connectivity index (χ3n) is 4.16. The second-order valence-electron chi connectivity index (χ2n) is 5.85. The van der Waals surface area contributed by atoms with Gasteiger partial charge in [-0.1, -0.05) is 0 Å². The summed E-state index contributed by atoms with van der Waals surface area (Å²) in [6.07, 6.45) is 0. The van der Waals surface area contributed by atoms with Gasteiger partial charge in [0, 0.05) is 23.7 Å². The van der Waals surface area contributed by atoms with Gasteiger partial charge in [0.25, 0.3) is 5.91 Å². The Morgan fingerprint density at radius 3 is 2.72 bits per heavy atom. The van der Waals surface area contributed by atoms with Crippen LogP contribution in [0.3, 0.4) is 0 Å². The van der Waals surface area contributed by atoms with Crippen molar-refractivity contribution in [3.05, 3.63) is 45.9 Å². The number of hydrogen-bond donors (Lipinski definition) is 1. The highest BCUT2D eigenvalue weighted by atomic mass is 79.9. The fourth-order valence-electron chi connectivity index (χ4n) is 2.95. The van der Waals surface area contributed by atoms with Crippen LogP contribution < -0.4 is 14.2 Å². The van der Waals surface area contributed by atoms with E-state index in [0.717, 1.165) is 5.56 Å². The second kappa shape index (κ2) is 6.48. The highest BCUT2D eigenvalue weighted by molar-refractivity contribution is 9.10. The molecule has 0 unspecified atom stereocenters. The van der Waals surface area contributed by atoms with Gasteiger partial charge in [-0.25, -0.2) is 0 Å². The van der Waals surface area contributed by atoms with E-state index >= 15 is 0 Å². The molecule has 0 saturated carbocycles. The van der Waals surface area contributed by atoms with Crippen LogP contribution in [0.2, 0.25) is 0 Å². The number of aromatic hydroxyl groups is 1. The van der Waals surface area contributed by atoms with Crippen LogP contribution in [-0.4, -0.2) is 42.3 Å². The predicted molar refractivity (Wildman–Crippen MR) is 93.5 cm³/mol. The van der Waals surface area contributed by atoms with Crippen LogP contribution in [0.25, 0.3) is 0 Å². The Balaban J connectivity index is 1.62. The summed E-state index contributed by atoms with van der Waals surface area (Å²) in [4.78, 5) is 14.7. The van der Waals surface area contributed by atoms with Crippen LogP contribution >= 0.6 is 15.9 Å². The summed E-state index contributed by atoms with van der Waals surface area (Å²) in [5.74, 6) is 1.85. The molecule has 25 heavy (non-hydrogen) atoms. The molecule has 0 atom stereocenters. The Hall–Kier alpha value is -2.41. The summed E-state index contributed by atoms with van der Waals surface area (Å²) >= 11 is 3.45. The Labute approximate surface area is 153 Å². The molecule has 0 fully saturated rings. The van der Waals surface area contributed by atoms with Crippen LogP contribution in [-0.2, 0) is 6.54 Å². The molecule has 7 heteroatoms. The fourth-order valence-corrected chi connectivity index (χ4v) is 3.51. The zero-order valence-corrected chi connectivity index (χ0v) is 14.9. The average Bonchev–Trinajstić information content (AvgIpc) is 2.83. The minimum atomic E-state index is -0.109. The summed E-state index contributed by atoms with van der Waals surface area (Å²) < 4.78 is 17.5. The van der Waals surface area contributed by atoms with E-state index in [9.17, 15) is 9.90 Å². The lowest BCUT2D eigenvalue weighted by Crippen LogP contribution is -2.32. The van der Waals surface area contributed by atoms with Crippen molar-refractivity contribution in [2.45, 2.75) is 6.54 Å². The van der Waals surface area contributed by atoms with E-state index in [4.69, 9.17) is 14.2 Å². The summed E-state index contributed by atoms with van der Waals surface area (Å²) in [7, 11) is 0. The van der Waals surface area contributed by atoms with Gasteiger partial charge in [0.15, 0.2) is 11.5 Å². The van der Waals surface area contributed by atoms with Crippen molar-refractivity contribution >= 4 is 21.8 Å². The summed E-state index contributed by atoms with van der Waals surface area (Å²) in [5.41, 5.74) is 1.39. The van der Waals surface area contributed by atoms with E-state index in [0.29, 0.717) is 60.2 Å². The smallest absolute Gasteiger partial charge is 0.254 e. The number of carbonyl (C=O) groups is 1. The highest BCUT2D eigenvalue weighted by Gasteiger charge is 2.24. The molecule has 2 aromatic rings. The SMILES string of the molecule is O=C(c1cc(Br)c2c(c1)OCCO2)N1CCOc2cc(O)ccc2C1. The quantitative estimate of drug-likeness (QED) is 0.789. The third-order valence-corrected chi connectivity index (χ3v) is 4.75. The number of phenols is 1. The van der Waals surface area contributed by atoms with Crippen molar-refractivity contribution in [3.8, 4) is 23.0 Å². The lowest BCUT2D eigenvalue weighted by atomic mass is 10.1. The van der Waals surface area contributed by atoms with Crippen LogP contribution in [0.4, 0.5) is 0 Å². The molecule has 130 valence electrons. The number of rotatable bonds is 1. The lowest BCUT2D eigenvalue weighted by molar-refractivity contribution is 0.0732. The van der Waals surface area contributed by atoms with E-state index in [1.54, 1.807) is 35.2 Å². The molecule has 0 radical (unpaired) electrons. The number of fused-ring (bicyclic) bond motifs is 2. The molecule has 0 aromatic heterocycles. The highest BCUT2D eigenvalue weighted by Crippen LogP contribution is 2.39. The lowest BCUT2D eigenvalue weighted by Gasteiger charge is -2.23. The van der Waals surface area contributed by atoms with E-state index < -0.39 is 0 Å². The first kappa shape index (κ1) is 16.1. The summed E-state index contributed by atoms with van der Waals surface area (Å²) in [6.45, 7) is 2.20. The van der Waals surface area contributed by atoms with Crippen LogP contribution in [0.15, 0.2) is 34.8 Å². The molecule has 2 aliphatic heterocycles. The predicted octanol–water partition coefficient (Wildman–Crippen LogP) is 2.96. The van der Waals surface area contributed by atoms with Gasteiger partial charge in [-0.3, -0.25) is 4.79 Å². The molecule has 2 heterocycles. The maximum absolute atomic E-state index is 13.0. The second-order valence-corrected chi connectivity index (χ2v) is 6.70. The van der Waals surface area contributed by atoms with Crippen molar-refractivity contribution in [1.82, 2.24) is 4.90 Å². The number of benzene rings is 2. The Morgan fingerprint density at radius 2 is 1.84 bits per heavy atom. The van der Waals surface area contributed by atoms with Gasteiger partial charge >= 0.3 is 0 Å². The van der Waals surface area contributed by atoms with E-state index in [-0.39, 0.29) is 11.7 Å². The minimum Gasteiger partial charge on any atom is -0.508 e. The van der Waals surface area contributed by atoms with Gasteiger partial charge in [0.2, 0.25) is 0 Å². The zero-order chi connectivity index (χ0) is 17.4. The summed E-state index contributed by atoms with van der Waals surface area (Å²) in [6, 6.07) is 8.40. The molecule has 0 bridgehead atoms. The van der Waals surface area contributed by atoms with Gasteiger partial charge in [-0.2, -0.15) is 0 Å². The number of hydrogen-bond acceptors (Lipinski definition) is 5. The molecular formula is C18H16BrNO5. The van der Waals surface area contributed by atoms with Crippen LogP contribution in [0.5, 0.6) is 23.0 Å². The van der Waals surface area contributed by atoms with Gasteiger partial charge in [-0.05, 0) is 40.2 Å². The molecule has 1 amide bonds. The van der Waals surface area contributed by atoms with Gasteiger partial charge in [0.1, 0.15) is 31.3 Å². The number of halogens is 1. The monoisotopic (exact) mass is 405 g/mol. The Morgan fingerprint density at radius 1 is 1.04 bits per heavy atom. The van der Waals surface area contributed by atoms with Gasteiger partial charge in [-0.15, -0.1) is 0 Å². The zero-order valence-electron chi connectivity index (χ0n) is 13.3. The molecule has 0 saturated heterocycles. The molecule has 1 N–H and O–H groups in total. The van der Waals surface area contributed by atoms with Crippen LogP contribution in [0.1, 0.15) is 15.9 Å². The van der Waals surface area contributed by atoms with Crippen molar-refractivity contribution in [3.63, 3.8) is 0 Å². The van der Waals surface area contributed by atoms with Crippen molar-refractivity contribution in [1.29, 1.82) is 0 Å². The minimum absolute atomic E-state index is 0.109. The standard InChI is InChI=1S/C18H16BrNO5/c19-14-7-12(8-16-17(14)25-6-5-24-16)18(22)20-3-4-23-15-9-13(21)2-1-11(15)10-20/h1-2,7-9,21H,3-6,10H2. The van der Waals surface area contributed by atoms with E-state index in [2.05, 4.69) is 15.9 Å². The van der Waals surface area contributed by atoms with Gasteiger partial charge in [0.05, 0.1) is 11.0 Å². The molecular weight excluding hydrogens is 390 g/mol. The molecule has 0 spiro atoms. The van der Waals surface area contributed by atoms with Gasteiger partial charge < -0.3 is 24.2 Å². The Bertz CT molecular complexity index is 838. The first-order chi connectivity index (χ1) is 12.1. The first-order valence-electron chi connectivity index (χ1n) is 7.95. The maximum atomic E-state index is 13.0. The first-order valence-corrected chi connectivity index (χ1v) is 8.74. The van der Waals surface area contributed by atoms with E-state index in [1.807, 2.05) is 0 Å². The molecule has 4 rings (SSSR count). The molecule has 0 aliphatic carbocycles. The number of phenolic OH excluding ortho intramolecular Hbond substituents is 1. The van der Waals surface area contributed by atoms with Crippen molar-refractivity contribution < 1.29 is 24.1 Å². The van der Waals surface area contributed by atoms with Crippen LogP contribution in [0, 0.1) is 0 Å². The maximum Gasteiger partial charge on any atom is 0.254 e. The van der Waals surface area contributed by atoms with Crippen molar-refractivity contribution in [2.75, 3.05) is 26.4 Å². The number of carbonyl (C=O) groups excluding carboxylic acids is 1. The number of amides is 1. The topological polar surface area (TPSA) is 68.2 Å². The normalized spacial score (nSPS) is 15.8. The largest absolute Gasteiger partial charge is 0.508 e. The van der Waals surface area contributed by atoms with E-state index in [1.165, 1.54) is 0 Å². The van der Waals surface area contributed by atoms with Crippen molar-refractivity contribution in [2.24, 2.45) is 0 Å². The molecule has 2 aliphatic rings. The fraction of sp³-hybridized carbons (Fsp3) is 0.278. The average molecular weight is 406 g/mol. The Kier molecular flexibility index (Phi) is 4.17. The third kappa shape index (κ3) is 3.11. The molecule has 6 nitrogen and oxygen atoms in total.